The van der Waals surface area contributed by atoms with Gasteiger partial charge in [-0.05, 0) is 79.7 Å². The first-order valence-corrected chi connectivity index (χ1v) is 15.6. The zero-order valence-corrected chi connectivity index (χ0v) is 25.8. The summed E-state index contributed by atoms with van der Waals surface area (Å²) in [6, 6.07) is 16.0. The summed E-state index contributed by atoms with van der Waals surface area (Å²) in [5.74, 6) is 0.691. The molecule has 2 atom stereocenters. The van der Waals surface area contributed by atoms with Gasteiger partial charge in [0.2, 0.25) is 0 Å². The van der Waals surface area contributed by atoms with Gasteiger partial charge in [-0.15, -0.1) is 0 Å². The summed E-state index contributed by atoms with van der Waals surface area (Å²) in [5, 5.41) is 19.6. The number of aliphatic hydroxyl groups is 1. The number of hydrogen-bond acceptors (Lipinski definition) is 6. The molecule has 4 aromatic rings. The number of imidazole rings is 1. The number of likely N-dealkylation sites (tertiary alicyclic amines) is 1. The van der Waals surface area contributed by atoms with E-state index in [2.05, 4.69) is 27.5 Å². The highest BCUT2D eigenvalue weighted by molar-refractivity contribution is 6.30. The number of carboxylic acids is 1. The zero-order chi connectivity index (χ0) is 31.0. The average molecular weight is 621 g/mol. The number of piperidine rings is 1. The number of ether oxygens (including phenoxy) is 1. The highest BCUT2D eigenvalue weighted by Crippen LogP contribution is 2.44. The lowest BCUT2D eigenvalue weighted by Crippen LogP contribution is -2.34. The molecule has 0 bridgehead atoms. The summed E-state index contributed by atoms with van der Waals surface area (Å²) < 4.78 is 23.3. The van der Waals surface area contributed by atoms with E-state index >= 15 is 0 Å². The molecule has 0 radical (unpaired) electrons. The van der Waals surface area contributed by atoms with Crippen LogP contribution in [0.4, 0.5) is 10.1 Å². The quantitative estimate of drug-likeness (QED) is 0.233. The molecule has 2 N–H and O–H groups in total. The molecule has 1 unspecified atom stereocenters. The van der Waals surface area contributed by atoms with Crippen LogP contribution in [-0.2, 0) is 13.1 Å². The molecule has 1 aromatic heterocycles. The third-order valence-electron chi connectivity index (χ3n) is 8.99. The van der Waals surface area contributed by atoms with Gasteiger partial charge >= 0.3 is 5.97 Å². The van der Waals surface area contributed by atoms with Crippen molar-refractivity contribution in [3.8, 4) is 5.75 Å². The van der Waals surface area contributed by atoms with Crippen LogP contribution < -0.4 is 9.64 Å². The predicted molar refractivity (Wildman–Crippen MR) is 169 cm³/mol. The molecule has 232 valence electrons. The van der Waals surface area contributed by atoms with Crippen LogP contribution in [0, 0.1) is 11.7 Å². The first kappa shape index (κ1) is 30.4. The molecule has 3 aromatic carbocycles. The largest absolute Gasteiger partial charge is 0.483 e. The smallest absolute Gasteiger partial charge is 0.335 e. The first-order valence-electron chi connectivity index (χ1n) is 15.2. The van der Waals surface area contributed by atoms with Gasteiger partial charge in [-0.25, -0.2) is 14.2 Å². The third kappa shape index (κ3) is 6.14. The summed E-state index contributed by atoms with van der Waals surface area (Å²) in [6.07, 6.45) is 2.20. The van der Waals surface area contributed by atoms with Gasteiger partial charge in [-0.1, -0.05) is 36.7 Å². The van der Waals surface area contributed by atoms with Crippen LogP contribution in [0.15, 0.2) is 54.6 Å². The van der Waals surface area contributed by atoms with Crippen molar-refractivity contribution in [2.24, 2.45) is 5.92 Å². The summed E-state index contributed by atoms with van der Waals surface area (Å²) in [7, 11) is 2.08. The maximum Gasteiger partial charge on any atom is 0.335 e. The van der Waals surface area contributed by atoms with E-state index in [1.54, 1.807) is 30.3 Å². The van der Waals surface area contributed by atoms with Crippen molar-refractivity contribution in [1.82, 2.24) is 14.5 Å². The summed E-state index contributed by atoms with van der Waals surface area (Å²) in [6.45, 7) is 5.73. The Labute approximate surface area is 261 Å². The molecule has 3 heterocycles. The molecule has 6 rings (SSSR count). The van der Waals surface area contributed by atoms with E-state index in [9.17, 15) is 19.4 Å². The maximum absolute atomic E-state index is 14.8. The highest BCUT2D eigenvalue weighted by Gasteiger charge is 2.30. The fraction of sp³-hybridized carbons (Fsp3) is 0.412. The van der Waals surface area contributed by atoms with Crippen LogP contribution in [0.5, 0.6) is 5.75 Å². The second-order valence-electron chi connectivity index (χ2n) is 12.2. The molecule has 1 fully saturated rings. The number of anilines is 1. The van der Waals surface area contributed by atoms with Gasteiger partial charge in [-0.2, -0.15) is 0 Å². The number of rotatable bonds is 8. The topological polar surface area (TPSA) is 91.1 Å². The third-order valence-corrected chi connectivity index (χ3v) is 9.22. The van der Waals surface area contributed by atoms with Crippen molar-refractivity contribution in [2.75, 3.05) is 38.2 Å². The van der Waals surface area contributed by atoms with Crippen molar-refractivity contribution in [3.05, 3.63) is 88.0 Å². The number of carboxylic acid groups (broad SMARTS) is 1. The number of aromatic carboxylic acids is 1. The molecule has 1 saturated heterocycles. The summed E-state index contributed by atoms with van der Waals surface area (Å²) in [4.78, 5) is 21.2. The summed E-state index contributed by atoms with van der Waals surface area (Å²) >= 11 is 6.00. The highest BCUT2D eigenvalue weighted by atomic mass is 35.5. The fourth-order valence-electron chi connectivity index (χ4n) is 6.59. The molecule has 2 aliphatic rings. The Balaban J connectivity index is 1.20. The number of aliphatic hydroxyl groups excluding tert-OH is 1. The van der Waals surface area contributed by atoms with Crippen molar-refractivity contribution in [1.29, 1.82) is 0 Å². The molecule has 8 nitrogen and oxygen atoms in total. The number of hydrogen-bond donors (Lipinski definition) is 2. The van der Waals surface area contributed by atoms with E-state index in [1.807, 2.05) is 19.1 Å². The lowest BCUT2D eigenvalue weighted by atomic mass is 9.87. The van der Waals surface area contributed by atoms with Crippen LogP contribution in [-0.4, -0.2) is 63.9 Å². The number of benzene rings is 3. The van der Waals surface area contributed by atoms with E-state index < -0.39 is 12.1 Å². The number of fused-ring (bicyclic) bond motifs is 2. The molecule has 0 amide bonds. The van der Waals surface area contributed by atoms with Crippen LogP contribution in [0.1, 0.15) is 65.5 Å². The Morgan fingerprint density at radius 3 is 2.61 bits per heavy atom. The van der Waals surface area contributed by atoms with Gasteiger partial charge in [-0.3, -0.25) is 4.90 Å². The Bertz CT molecular complexity index is 1670. The number of carbonyl (C=O) groups is 1. The van der Waals surface area contributed by atoms with Gasteiger partial charge < -0.3 is 24.4 Å². The van der Waals surface area contributed by atoms with Crippen molar-refractivity contribution < 1.29 is 24.1 Å². The Morgan fingerprint density at radius 1 is 1.09 bits per heavy atom. The van der Waals surface area contributed by atoms with Crippen LogP contribution in [0.25, 0.3) is 11.0 Å². The van der Waals surface area contributed by atoms with Gasteiger partial charge in [0.15, 0.2) is 0 Å². The fourth-order valence-corrected chi connectivity index (χ4v) is 6.75. The SMILES string of the molecule is C[C@H](CO)Cn1c(CN2CCC(c3cccc4c3N(C)CCC(c3ccc(Cl)cc3F)O4)CC2)nc2ccc(C(=O)O)cc21. The van der Waals surface area contributed by atoms with E-state index in [1.165, 1.54) is 11.6 Å². The molecule has 10 heteroatoms. The molecule has 0 saturated carbocycles. The van der Waals surface area contributed by atoms with Crippen LogP contribution in [0.3, 0.4) is 0 Å². The van der Waals surface area contributed by atoms with Crippen molar-refractivity contribution in [2.45, 2.75) is 51.3 Å². The molecular formula is C34H38ClFN4O4. The van der Waals surface area contributed by atoms with Crippen molar-refractivity contribution >= 4 is 34.3 Å². The van der Waals surface area contributed by atoms with Gasteiger partial charge in [0.1, 0.15) is 23.5 Å². The Kier molecular flexibility index (Phi) is 8.80. The number of halogens is 2. The summed E-state index contributed by atoms with van der Waals surface area (Å²) in [5.41, 5.74) is 4.62. The minimum absolute atomic E-state index is 0.00806. The molecule has 0 spiro atoms. The molecule has 44 heavy (non-hydrogen) atoms. The predicted octanol–water partition coefficient (Wildman–Crippen LogP) is 6.50. The van der Waals surface area contributed by atoms with Gasteiger partial charge in [0, 0.05) is 43.8 Å². The lowest BCUT2D eigenvalue weighted by molar-refractivity contribution is 0.0697. The van der Waals surface area contributed by atoms with Gasteiger partial charge in [0.05, 0.1) is 28.8 Å². The normalized spacial score (nSPS) is 18.6. The van der Waals surface area contributed by atoms with E-state index in [-0.39, 0.29) is 23.9 Å². The van der Waals surface area contributed by atoms with E-state index in [0.29, 0.717) is 36.0 Å². The number of nitrogens with zero attached hydrogens (tertiary/aromatic N) is 4. The number of aromatic nitrogens is 2. The maximum atomic E-state index is 14.8. The lowest BCUT2D eigenvalue weighted by Gasteiger charge is -2.34. The minimum atomic E-state index is -0.971. The second kappa shape index (κ2) is 12.8. The number of para-hydroxylation sites is 1. The van der Waals surface area contributed by atoms with Gasteiger partial charge in [0.25, 0.3) is 0 Å². The molecule has 0 aliphatic carbocycles. The van der Waals surface area contributed by atoms with E-state index in [4.69, 9.17) is 21.3 Å². The standard InChI is InChI=1S/C34H38ClFN4O4/c1-21(20-41)18-40-29-16-23(34(42)43)6-9-28(29)37-32(40)19-39-14-10-22(11-15-39)25-4-3-5-31-33(25)38(2)13-12-30(44-31)26-8-7-24(35)17-27(26)36/h3-9,16-17,21-22,30,41H,10-15,18-20H2,1-2H3,(H,42,43)/t21-,30?/m0/s1. The monoisotopic (exact) mass is 620 g/mol. The molecular weight excluding hydrogens is 583 g/mol. The second-order valence-corrected chi connectivity index (χ2v) is 12.6. The van der Waals surface area contributed by atoms with Crippen molar-refractivity contribution in [3.63, 3.8) is 0 Å². The average Bonchev–Trinajstić information content (AvgIpc) is 3.24. The van der Waals surface area contributed by atoms with E-state index in [0.717, 1.165) is 60.8 Å². The first-order chi connectivity index (χ1) is 21.2. The minimum Gasteiger partial charge on any atom is -0.483 e. The van der Waals surface area contributed by atoms with Crippen LogP contribution >= 0.6 is 11.6 Å². The molecule has 2 aliphatic heterocycles. The zero-order valence-electron chi connectivity index (χ0n) is 25.0. The Hall–Kier alpha value is -3.66. The Morgan fingerprint density at radius 2 is 1.89 bits per heavy atom. The van der Waals surface area contributed by atoms with Crippen LogP contribution in [0.2, 0.25) is 5.02 Å².